The largest absolute Gasteiger partial charge is 0.356 e. The molecule has 22 heavy (non-hydrogen) atoms. The van der Waals surface area contributed by atoms with Gasteiger partial charge in [0.25, 0.3) is 5.91 Å². The van der Waals surface area contributed by atoms with Crippen LogP contribution in [-0.2, 0) is 0 Å². The number of unbranched alkanes of at least 4 members (excludes halogenated alkanes) is 2. The van der Waals surface area contributed by atoms with Crippen LogP contribution in [0.3, 0.4) is 0 Å². The number of hydrogen-bond donors (Lipinski definition) is 3. The zero-order valence-electron chi connectivity index (χ0n) is 13.7. The van der Waals surface area contributed by atoms with Crippen LogP contribution in [0.4, 0.5) is 0 Å². The maximum absolute atomic E-state index is 11.8. The van der Waals surface area contributed by atoms with E-state index in [4.69, 9.17) is 0 Å². The number of aliphatic imine (C=N–C) groups is 1. The second-order valence-electron chi connectivity index (χ2n) is 5.11. The van der Waals surface area contributed by atoms with Gasteiger partial charge in [-0.1, -0.05) is 38.0 Å². The maximum Gasteiger partial charge on any atom is 0.251 e. The molecule has 1 aromatic carbocycles. The topological polar surface area (TPSA) is 65.5 Å². The average molecular weight is 304 g/mol. The fourth-order valence-electron chi connectivity index (χ4n) is 1.99. The second-order valence-corrected chi connectivity index (χ2v) is 5.11. The predicted molar refractivity (Wildman–Crippen MR) is 92.3 cm³/mol. The van der Waals surface area contributed by atoms with E-state index in [1.165, 1.54) is 12.8 Å². The Kier molecular flexibility index (Phi) is 9.50. The van der Waals surface area contributed by atoms with Crippen LogP contribution in [-0.4, -0.2) is 38.5 Å². The first kappa shape index (κ1) is 18.0. The highest BCUT2D eigenvalue weighted by Gasteiger charge is 2.02. The first-order valence-corrected chi connectivity index (χ1v) is 8.05. The van der Waals surface area contributed by atoms with Crippen molar-refractivity contribution < 1.29 is 4.79 Å². The number of rotatable bonds is 9. The number of nitrogens with one attached hydrogen (secondary N) is 3. The lowest BCUT2D eigenvalue weighted by Crippen LogP contribution is -2.39. The lowest BCUT2D eigenvalue weighted by molar-refractivity contribution is 0.0953. The van der Waals surface area contributed by atoms with Crippen molar-refractivity contribution >= 4 is 11.9 Å². The maximum atomic E-state index is 11.8. The third-order valence-corrected chi connectivity index (χ3v) is 3.26. The van der Waals surface area contributed by atoms with Gasteiger partial charge in [-0.05, 0) is 25.0 Å². The number of hydrogen-bond acceptors (Lipinski definition) is 2. The molecule has 0 saturated carbocycles. The van der Waals surface area contributed by atoms with Crippen LogP contribution in [0.25, 0.3) is 0 Å². The number of guanidine groups is 1. The van der Waals surface area contributed by atoms with E-state index >= 15 is 0 Å². The first-order chi connectivity index (χ1) is 10.8. The Morgan fingerprint density at radius 1 is 0.955 bits per heavy atom. The third kappa shape index (κ3) is 7.67. The van der Waals surface area contributed by atoms with Crippen molar-refractivity contribution in [3.8, 4) is 0 Å². The smallest absolute Gasteiger partial charge is 0.251 e. The molecule has 0 unspecified atom stereocenters. The molecule has 0 radical (unpaired) electrons. The molecule has 1 amide bonds. The van der Waals surface area contributed by atoms with E-state index in [1.807, 2.05) is 30.3 Å². The minimum absolute atomic E-state index is 0.0253. The Hall–Kier alpha value is -2.04. The summed E-state index contributed by atoms with van der Waals surface area (Å²) in [6.07, 6.45) is 4.46. The third-order valence-electron chi connectivity index (χ3n) is 3.26. The highest BCUT2D eigenvalue weighted by atomic mass is 16.1. The fraction of sp³-hybridized carbons (Fsp3) is 0.529. The zero-order chi connectivity index (χ0) is 16.0. The van der Waals surface area contributed by atoms with Gasteiger partial charge in [-0.25, -0.2) is 0 Å². The molecule has 1 aromatic rings. The molecule has 0 saturated heterocycles. The average Bonchev–Trinajstić information content (AvgIpc) is 2.57. The summed E-state index contributed by atoms with van der Waals surface area (Å²) >= 11 is 0. The Bertz CT molecular complexity index is 445. The van der Waals surface area contributed by atoms with Crippen LogP contribution in [0.2, 0.25) is 0 Å². The van der Waals surface area contributed by atoms with E-state index in [-0.39, 0.29) is 5.91 Å². The summed E-state index contributed by atoms with van der Waals surface area (Å²) in [4.78, 5) is 16.0. The van der Waals surface area contributed by atoms with Crippen molar-refractivity contribution in [1.82, 2.24) is 16.0 Å². The molecule has 0 fully saturated rings. The molecule has 0 aliphatic carbocycles. The van der Waals surface area contributed by atoms with Crippen molar-refractivity contribution in [2.45, 2.75) is 32.6 Å². The SMILES string of the molecule is CCCCCNC(=NC)NCCCNC(=O)c1ccccc1. The van der Waals surface area contributed by atoms with Crippen molar-refractivity contribution in [2.24, 2.45) is 4.99 Å². The Labute approximate surface area is 133 Å². The zero-order valence-corrected chi connectivity index (χ0v) is 13.7. The molecule has 0 spiro atoms. The summed E-state index contributed by atoms with van der Waals surface area (Å²) in [6.45, 7) is 4.56. The van der Waals surface area contributed by atoms with Gasteiger partial charge in [-0.2, -0.15) is 0 Å². The molecule has 5 heteroatoms. The van der Waals surface area contributed by atoms with Crippen LogP contribution in [0.15, 0.2) is 35.3 Å². The van der Waals surface area contributed by atoms with Crippen molar-refractivity contribution in [2.75, 3.05) is 26.7 Å². The van der Waals surface area contributed by atoms with Gasteiger partial charge < -0.3 is 16.0 Å². The molecule has 0 aliphatic rings. The Balaban J connectivity index is 2.10. The van der Waals surface area contributed by atoms with Gasteiger partial charge in [-0.15, -0.1) is 0 Å². The fourth-order valence-corrected chi connectivity index (χ4v) is 1.99. The van der Waals surface area contributed by atoms with Crippen molar-refractivity contribution in [3.05, 3.63) is 35.9 Å². The summed E-state index contributed by atoms with van der Waals surface area (Å²) in [5.74, 6) is 0.799. The minimum atomic E-state index is -0.0253. The number of carbonyl (C=O) groups excluding carboxylic acids is 1. The van der Waals surface area contributed by atoms with Gasteiger partial charge in [0, 0.05) is 32.2 Å². The molecule has 1 rings (SSSR count). The summed E-state index contributed by atoms with van der Waals surface area (Å²) in [6, 6.07) is 9.26. The van der Waals surface area contributed by atoms with Crippen LogP contribution >= 0.6 is 0 Å². The van der Waals surface area contributed by atoms with Gasteiger partial charge in [0.2, 0.25) is 0 Å². The summed E-state index contributed by atoms with van der Waals surface area (Å²) in [5.41, 5.74) is 0.698. The molecule has 0 aromatic heterocycles. The molecular weight excluding hydrogens is 276 g/mol. The first-order valence-electron chi connectivity index (χ1n) is 8.05. The predicted octanol–water partition coefficient (Wildman–Crippen LogP) is 2.16. The summed E-state index contributed by atoms with van der Waals surface area (Å²) in [7, 11) is 1.77. The van der Waals surface area contributed by atoms with Gasteiger partial charge in [0.15, 0.2) is 5.96 Å². The van der Waals surface area contributed by atoms with E-state index < -0.39 is 0 Å². The van der Waals surface area contributed by atoms with Crippen molar-refractivity contribution in [1.29, 1.82) is 0 Å². The van der Waals surface area contributed by atoms with E-state index in [1.54, 1.807) is 7.05 Å². The van der Waals surface area contributed by atoms with E-state index in [2.05, 4.69) is 27.9 Å². The molecule has 3 N–H and O–H groups in total. The standard InChI is InChI=1S/C17H28N4O/c1-3-4-8-12-20-17(18-2)21-14-9-13-19-16(22)15-10-6-5-7-11-15/h5-7,10-11H,3-4,8-9,12-14H2,1-2H3,(H,19,22)(H2,18,20,21). The van der Waals surface area contributed by atoms with E-state index in [9.17, 15) is 4.79 Å². The highest BCUT2D eigenvalue weighted by Crippen LogP contribution is 1.97. The molecular formula is C17H28N4O. The second kappa shape index (κ2) is 11.6. The summed E-state index contributed by atoms with van der Waals surface area (Å²) < 4.78 is 0. The molecule has 0 aliphatic heterocycles. The van der Waals surface area contributed by atoms with Crippen LogP contribution in [0.1, 0.15) is 43.0 Å². The van der Waals surface area contributed by atoms with E-state index in [0.717, 1.165) is 31.9 Å². The van der Waals surface area contributed by atoms with Crippen molar-refractivity contribution in [3.63, 3.8) is 0 Å². The number of carbonyl (C=O) groups is 1. The lowest BCUT2D eigenvalue weighted by atomic mass is 10.2. The Morgan fingerprint density at radius 2 is 1.59 bits per heavy atom. The number of nitrogens with zero attached hydrogens (tertiary/aromatic N) is 1. The Morgan fingerprint density at radius 3 is 2.23 bits per heavy atom. The summed E-state index contributed by atoms with van der Waals surface area (Å²) in [5, 5.41) is 9.44. The molecule has 122 valence electrons. The normalized spacial score (nSPS) is 11.1. The lowest BCUT2D eigenvalue weighted by Gasteiger charge is -2.12. The highest BCUT2D eigenvalue weighted by molar-refractivity contribution is 5.94. The van der Waals surface area contributed by atoms with Crippen LogP contribution in [0, 0.1) is 0 Å². The monoisotopic (exact) mass is 304 g/mol. The van der Waals surface area contributed by atoms with E-state index in [0.29, 0.717) is 12.1 Å². The quantitative estimate of drug-likeness (QED) is 0.372. The van der Waals surface area contributed by atoms with Gasteiger partial charge >= 0.3 is 0 Å². The van der Waals surface area contributed by atoms with Crippen LogP contribution in [0.5, 0.6) is 0 Å². The molecule has 5 nitrogen and oxygen atoms in total. The number of amides is 1. The molecule has 0 bridgehead atoms. The minimum Gasteiger partial charge on any atom is -0.356 e. The molecule has 0 atom stereocenters. The van der Waals surface area contributed by atoms with Gasteiger partial charge in [-0.3, -0.25) is 9.79 Å². The van der Waals surface area contributed by atoms with Gasteiger partial charge in [0.1, 0.15) is 0 Å². The van der Waals surface area contributed by atoms with Crippen LogP contribution < -0.4 is 16.0 Å². The number of benzene rings is 1. The molecule has 0 heterocycles. The van der Waals surface area contributed by atoms with Gasteiger partial charge in [0.05, 0.1) is 0 Å².